The van der Waals surface area contributed by atoms with E-state index >= 15 is 0 Å². The van der Waals surface area contributed by atoms with Crippen LogP contribution in [0.25, 0.3) is 11.4 Å². The third kappa shape index (κ3) is 4.03. The van der Waals surface area contributed by atoms with Gasteiger partial charge in [0.1, 0.15) is 0 Å². The van der Waals surface area contributed by atoms with Crippen molar-refractivity contribution in [1.29, 1.82) is 0 Å². The third-order valence-corrected chi connectivity index (χ3v) is 6.39. The maximum atomic E-state index is 5.95. The van der Waals surface area contributed by atoms with Crippen molar-refractivity contribution in [2.24, 2.45) is 5.92 Å². The van der Waals surface area contributed by atoms with E-state index in [1.165, 1.54) is 36.8 Å². The summed E-state index contributed by atoms with van der Waals surface area (Å²) >= 11 is 5.95. The molecule has 1 aromatic heterocycles. The Kier molecular flexibility index (Phi) is 5.76. The van der Waals surface area contributed by atoms with Crippen LogP contribution in [0.5, 0.6) is 0 Å². The fourth-order valence-corrected chi connectivity index (χ4v) is 4.72. The van der Waals surface area contributed by atoms with Crippen molar-refractivity contribution < 1.29 is 4.74 Å². The lowest BCUT2D eigenvalue weighted by atomic mass is 9.85. The molecule has 1 aliphatic heterocycles. The molecule has 2 fully saturated rings. The quantitative estimate of drug-likeness (QED) is 0.728. The first kappa shape index (κ1) is 18.8. The Balaban J connectivity index is 1.75. The van der Waals surface area contributed by atoms with Crippen LogP contribution in [0.15, 0.2) is 24.3 Å². The molecule has 4 rings (SSSR count). The van der Waals surface area contributed by atoms with Crippen molar-refractivity contribution >= 4 is 12.2 Å². The number of benzene rings is 1. The first-order valence-corrected chi connectivity index (χ1v) is 10.6. The largest absolute Gasteiger partial charge is 0.379 e. The fourth-order valence-electron chi connectivity index (χ4n) is 4.40. The molecule has 1 saturated carbocycles. The summed E-state index contributed by atoms with van der Waals surface area (Å²) in [6.45, 7) is 8.70. The first-order chi connectivity index (χ1) is 13.1. The summed E-state index contributed by atoms with van der Waals surface area (Å²) < 4.78 is 10.7. The Morgan fingerprint density at radius 1 is 1.19 bits per heavy atom. The SMILES string of the molecule is Cc1cccc(-c2nn(CN3CCOCC3)c(=S)n2[C@H]2CCCC[C@@H]2C)c1. The van der Waals surface area contributed by atoms with Crippen molar-refractivity contribution in [3.63, 3.8) is 0 Å². The molecule has 0 spiro atoms. The van der Waals surface area contributed by atoms with Gasteiger partial charge in [0.15, 0.2) is 10.6 Å². The molecule has 0 unspecified atom stereocenters. The van der Waals surface area contributed by atoms with Gasteiger partial charge in [0, 0.05) is 24.7 Å². The van der Waals surface area contributed by atoms with Gasteiger partial charge in [-0.25, -0.2) is 4.68 Å². The molecule has 5 nitrogen and oxygen atoms in total. The lowest BCUT2D eigenvalue weighted by Gasteiger charge is -2.30. The highest BCUT2D eigenvalue weighted by atomic mass is 32.1. The van der Waals surface area contributed by atoms with Crippen LogP contribution in [0.3, 0.4) is 0 Å². The zero-order valence-corrected chi connectivity index (χ0v) is 17.2. The predicted molar refractivity (Wildman–Crippen MR) is 110 cm³/mol. The number of hydrogen-bond donors (Lipinski definition) is 0. The van der Waals surface area contributed by atoms with Gasteiger partial charge in [0.25, 0.3) is 0 Å². The molecule has 2 aliphatic rings. The van der Waals surface area contributed by atoms with Crippen LogP contribution in [0.2, 0.25) is 0 Å². The lowest BCUT2D eigenvalue weighted by molar-refractivity contribution is 0.0209. The van der Waals surface area contributed by atoms with Crippen molar-refractivity contribution in [2.75, 3.05) is 26.3 Å². The lowest BCUT2D eigenvalue weighted by Crippen LogP contribution is -2.37. The molecule has 0 radical (unpaired) electrons. The number of aryl methyl sites for hydroxylation is 1. The molecule has 146 valence electrons. The summed E-state index contributed by atoms with van der Waals surface area (Å²) in [4.78, 5) is 2.38. The highest BCUT2D eigenvalue weighted by Crippen LogP contribution is 2.36. The van der Waals surface area contributed by atoms with Gasteiger partial charge in [-0.05, 0) is 44.0 Å². The molecule has 2 heterocycles. The smallest absolute Gasteiger partial charge is 0.199 e. The molecule has 0 bridgehead atoms. The number of morpholine rings is 1. The molecule has 1 aromatic carbocycles. The van der Waals surface area contributed by atoms with E-state index in [1.54, 1.807) is 0 Å². The molecule has 1 aliphatic carbocycles. The summed E-state index contributed by atoms with van der Waals surface area (Å²) in [7, 11) is 0. The summed E-state index contributed by atoms with van der Waals surface area (Å²) in [5.74, 6) is 1.66. The molecule has 0 amide bonds. The van der Waals surface area contributed by atoms with Crippen LogP contribution in [0.4, 0.5) is 0 Å². The summed E-state index contributed by atoms with van der Waals surface area (Å²) in [6, 6.07) is 9.08. The minimum absolute atomic E-state index is 0.445. The Morgan fingerprint density at radius 2 is 1.96 bits per heavy atom. The van der Waals surface area contributed by atoms with Crippen LogP contribution in [0.1, 0.15) is 44.2 Å². The fraction of sp³-hybridized carbons (Fsp3) is 0.619. The Hall–Kier alpha value is -1.50. The van der Waals surface area contributed by atoms with Crippen molar-refractivity contribution in [3.05, 3.63) is 34.6 Å². The van der Waals surface area contributed by atoms with Crippen molar-refractivity contribution in [3.8, 4) is 11.4 Å². The van der Waals surface area contributed by atoms with Gasteiger partial charge in [0.05, 0.1) is 19.9 Å². The second kappa shape index (κ2) is 8.25. The molecule has 6 heteroatoms. The molecule has 2 atom stereocenters. The van der Waals surface area contributed by atoms with Crippen LogP contribution in [0, 0.1) is 17.6 Å². The molecular formula is C21H30N4OS. The first-order valence-electron chi connectivity index (χ1n) is 10.2. The van der Waals surface area contributed by atoms with Gasteiger partial charge in [-0.2, -0.15) is 5.10 Å². The minimum atomic E-state index is 0.445. The van der Waals surface area contributed by atoms with Crippen molar-refractivity contribution in [2.45, 2.75) is 52.2 Å². The molecule has 2 aromatic rings. The van der Waals surface area contributed by atoms with Crippen molar-refractivity contribution in [1.82, 2.24) is 19.2 Å². The Labute approximate surface area is 166 Å². The highest BCUT2D eigenvalue weighted by Gasteiger charge is 2.28. The van der Waals surface area contributed by atoms with Gasteiger partial charge in [-0.3, -0.25) is 9.47 Å². The van der Waals surface area contributed by atoms with Crippen LogP contribution in [-0.4, -0.2) is 45.6 Å². The van der Waals surface area contributed by atoms with Gasteiger partial charge in [-0.1, -0.05) is 43.5 Å². The summed E-state index contributed by atoms with van der Waals surface area (Å²) in [5, 5.41) is 5.02. The third-order valence-electron chi connectivity index (χ3n) is 5.98. The van der Waals surface area contributed by atoms with Crippen LogP contribution < -0.4 is 0 Å². The predicted octanol–water partition coefficient (Wildman–Crippen LogP) is 4.43. The molecule has 27 heavy (non-hydrogen) atoms. The van der Waals surface area contributed by atoms with Crippen LogP contribution in [-0.2, 0) is 11.4 Å². The van der Waals surface area contributed by atoms with E-state index in [9.17, 15) is 0 Å². The highest BCUT2D eigenvalue weighted by molar-refractivity contribution is 7.71. The number of aromatic nitrogens is 3. The monoisotopic (exact) mass is 386 g/mol. The van der Waals surface area contributed by atoms with Gasteiger partial charge in [-0.15, -0.1) is 0 Å². The van der Waals surface area contributed by atoms with E-state index in [1.807, 2.05) is 4.68 Å². The van der Waals surface area contributed by atoms with Gasteiger partial charge >= 0.3 is 0 Å². The van der Waals surface area contributed by atoms with E-state index in [-0.39, 0.29) is 0 Å². The van der Waals surface area contributed by atoms with Crippen LogP contribution >= 0.6 is 12.2 Å². The second-order valence-electron chi connectivity index (χ2n) is 8.05. The molecule has 1 saturated heterocycles. The van der Waals surface area contributed by atoms with E-state index in [0.29, 0.717) is 12.0 Å². The number of nitrogens with zero attached hydrogens (tertiary/aromatic N) is 4. The second-order valence-corrected chi connectivity index (χ2v) is 8.41. The van der Waals surface area contributed by atoms with Gasteiger partial charge in [0.2, 0.25) is 0 Å². The Morgan fingerprint density at radius 3 is 2.70 bits per heavy atom. The van der Waals surface area contributed by atoms with E-state index < -0.39 is 0 Å². The summed E-state index contributed by atoms with van der Waals surface area (Å²) in [5.41, 5.74) is 2.42. The molecule has 0 N–H and O–H groups in total. The van der Waals surface area contributed by atoms with E-state index in [0.717, 1.165) is 43.6 Å². The maximum Gasteiger partial charge on any atom is 0.199 e. The molecular weight excluding hydrogens is 356 g/mol. The average molecular weight is 387 g/mol. The van der Waals surface area contributed by atoms with E-state index in [4.69, 9.17) is 22.1 Å². The average Bonchev–Trinajstić information content (AvgIpc) is 2.99. The number of rotatable bonds is 4. The normalized spacial score (nSPS) is 24.2. The minimum Gasteiger partial charge on any atom is -0.379 e. The number of hydrogen-bond acceptors (Lipinski definition) is 4. The summed E-state index contributed by atoms with van der Waals surface area (Å²) in [6.07, 6.45) is 5.07. The number of ether oxygens (including phenoxy) is 1. The Bertz CT molecular complexity index is 837. The zero-order valence-electron chi connectivity index (χ0n) is 16.4. The maximum absolute atomic E-state index is 5.95. The zero-order chi connectivity index (χ0) is 18.8. The topological polar surface area (TPSA) is 35.2 Å². The standard InChI is InChI=1S/C21H30N4OS/c1-16-6-5-8-18(14-16)20-22-24(15-23-10-12-26-13-11-23)21(27)25(20)19-9-4-3-7-17(19)2/h5-6,8,14,17,19H,3-4,7,9-13,15H2,1-2H3/t17-,19-/m0/s1. The van der Waals surface area contributed by atoms with Gasteiger partial charge < -0.3 is 4.74 Å². The van der Waals surface area contributed by atoms with E-state index in [2.05, 4.69) is 47.6 Å².